The smallest absolute Gasteiger partial charge is 0.165 e. The Morgan fingerprint density at radius 2 is 1.82 bits per heavy atom. The average molecular weight is 236 g/mol. The van der Waals surface area contributed by atoms with Crippen molar-refractivity contribution in [3.05, 3.63) is 35.9 Å². The third-order valence-electron chi connectivity index (χ3n) is 3.28. The molecule has 1 saturated carbocycles. The molecule has 3 nitrogen and oxygen atoms in total. The highest BCUT2D eigenvalue weighted by atomic mass is 16.6. The second kappa shape index (κ2) is 5.63. The molecule has 94 valence electrons. The quantitative estimate of drug-likeness (QED) is 0.767. The summed E-state index contributed by atoms with van der Waals surface area (Å²) in [5.41, 5.74) is 1.12. The van der Waals surface area contributed by atoms with Crippen LogP contribution in [0.2, 0.25) is 0 Å². The van der Waals surface area contributed by atoms with Crippen molar-refractivity contribution < 1.29 is 14.9 Å². The van der Waals surface area contributed by atoms with Gasteiger partial charge in [0.2, 0.25) is 0 Å². The normalized spacial score (nSPS) is 20.4. The molecule has 0 saturated heterocycles. The molecule has 3 heteroatoms. The fraction of sp³-hybridized carbons (Fsp3) is 0.571. The van der Waals surface area contributed by atoms with E-state index < -0.39 is 5.79 Å². The Bertz CT molecular complexity index is 331. The molecular formula is C14H20O3. The van der Waals surface area contributed by atoms with Crippen LogP contribution in [-0.2, 0) is 11.2 Å². The summed E-state index contributed by atoms with van der Waals surface area (Å²) in [6, 6.07) is 9.90. The first-order valence-electron chi connectivity index (χ1n) is 6.27. The third-order valence-corrected chi connectivity index (χ3v) is 3.28. The van der Waals surface area contributed by atoms with Gasteiger partial charge in [-0.25, -0.2) is 0 Å². The first-order valence-corrected chi connectivity index (χ1v) is 6.27. The highest BCUT2D eigenvalue weighted by molar-refractivity contribution is 5.15. The van der Waals surface area contributed by atoms with Crippen molar-refractivity contribution in [3.63, 3.8) is 0 Å². The predicted octanol–water partition coefficient (Wildman–Crippen LogP) is 1.87. The van der Waals surface area contributed by atoms with Crippen LogP contribution in [0.1, 0.15) is 31.2 Å². The third kappa shape index (κ3) is 3.53. The predicted molar refractivity (Wildman–Crippen MR) is 65.5 cm³/mol. The molecule has 0 bridgehead atoms. The van der Waals surface area contributed by atoms with E-state index in [1.165, 1.54) is 0 Å². The fourth-order valence-electron chi connectivity index (χ4n) is 2.38. The number of aliphatic hydroxyl groups is 2. The lowest BCUT2D eigenvalue weighted by molar-refractivity contribution is -0.230. The van der Waals surface area contributed by atoms with E-state index in [-0.39, 0.29) is 12.7 Å². The van der Waals surface area contributed by atoms with Gasteiger partial charge in [-0.1, -0.05) is 30.3 Å². The molecule has 17 heavy (non-hydrogen) atoms. The van der Waals surface area contributed by atoms with Gasteiger partial charge in [-0.2, -0.15) is 0 Å². The molecule has 1 fully saturated rings. The molecule has 0 amide bonds. The Morgan fingerprint density at radius 3 is 2.41 bits per heavy atom. The average Bonchev–Trinajstić information content (AvgIpc) is 2.76. The van der Waals surface area contributed by atoms with E-state index in [0.29, 0.717) is 19.3 Å². The van der Waals surface area contributed by atoms with Crippen molar-refractivity contribution in [3.8, 4) is 0 Å². The zero-order chi connectivity index (χ0) is 12.1. The molecular weight excluding hydrogens is 216 g/mol. The van der Waals surface area contributed by atoms with Crippen molar-refractivity contribution in [2.24, 2.45) is 0 Å². The summed E-state index contributed by atoms with van der Waals surface area (Å²) in [6.45, 7) is -0.0583. The lowest BCUT2D eigenvalue weighted by Crippen LogP contribution is -2.36. The van der Waals surface area contributed by atoms with Gasteiger partial charge in [0.15, 0.2) is 5.79 Å². The van der Waals surface area contributed by atoms with Crippen LogP contribution in [0.25, 0.3) is 0 Å². The Morgan fingerprint density at radius 1 is 1.18 bits per heavy atom. The number of hydrogen-bond acceptors (Lipinski definition) is 3. The lowest BCUT2D eigenvalue weighted by atomic mass is 10.1. The molecule has 0 spiro atoms. The molecule has 0 unspecified atom stereocenters. The number of hydrogen-bond donors (Lipinski definition) is 2. The van der Waals surface area contributed by atoms with Crippen LogP contribution in [0.15, 0.2) is 30.3 Å². The summed E-state index contributed by atoms with van der Waals surface area (Å²) in [5, 5.41) is 19.5. The molecule has 1 aromatic rings. The maximum absolute atomic E-state index is 10.1. The van der Waals surface area contributed by atoms with E-state index in [0.717, 1.165) is 18.4 Å². The molecule has 0 radical (unpaired) electrons. The van der Waals surface area contributed by atoms with Gasteiger partial charge in [-0.15, -0.1) is 0 Å². The van der Waals surface area contributed by atoms with Crippen molar-refractivity contribution in [1.82, 2.24) is 0 Å². The second-order valence-corrected chi connectivity index (χ2v) is 4.77. The maximum Gasteiger partial charge on any atom is 0.165 e. The molecule has 0 aliphatic heterocycles. The highest BCUT2D eigenvalue weighted by Crippen LogP contribution is 2.32. The molecule has 1 aromatic carbocycles. The summed E-state index contributed by atoms with van der Waals surface area (Å²) < 4.78 is 5.66. The summed E-state index contributed by atoms with van der Waals surface area (Å²) in [6.07, 6.45) is 3.68. The number of aliphatic hydroxyl groups excluding tert-OH is 1. The minimum Gasteiger partial charge on any atom is -0.394 e. The lowest BCUT2D eigenvalue weighted by Gasteiger charge is -2.28. The first-order chi connectivity index (χ1) is 8.22. The summed E-state index contributed by atoms with van der Waals surface area (Å²) in [4.78, 5) is 0. The van der Waals surface area contributed by atoms with Gasteiger partial charge in [-0.3, -0.25) is 0 Å². The van der Waals surface area contributed by atoms with Crippen LogP contribution in [0.4, 0.5) is 0 Å². The van der Waals surface area contributed by atoms with Gasteiger partial charge in [0.25, 0.3) is 0 Å². The minimum absolute atomic E-state index is 0.0583. The topological polar surface area (TPSA) is 49.7 Å². The van der Waals surface area contributed by atoms with Crippen molar-refractivity contribution in [1.29, 1.82) is 0 Å². The second-order valence-electron chi connectivity index (χ2n) is 4.77. The van der Waals surface area contributed by atoms with Crippen LogP contribution in [-0.4, -0.2) is 28.7 Å². The summed E-state index contributed by atoms with van der Waals surface area (Å²) in [5.74, 6) is -1.01. The van der Waals surface area contributed by atoms with E-state index in [1.807, 2.05) is 30.3 Å². The molecule has 1 atom stereocenters. The Balaban J connectivity index is 1.93. The summed E-state index contributed by atoms with van der Waals surface area (Å²) >= 11 is 0. The van der Waals surface area contributed by atoms with Crippen molar-refractivity contribution in [2.45, 2.75) is 44.0 Å². The van der Waals surface area contributed by atoms with Gasteiger partial charge in [0, 0.05) is 19.3 Å². The monoisotopic (exact) mass is 236 g/mol. The van der Waals surface area contributed by atoms with Gasteiger partial charge >= 0.3 is 0 Å². The molecule has 2 N–H and O–H groups in total. The summed E-state index contributed by atoms with van der Waals surface area (Å²) in [7, 11) is 0. The SMILES string of the molecule is OC[C@@H](Cc1ccccc1)OC1(O)CCCC1. The van der Waals surface area contributed by atoms with E-state index in [1.54, 1.807) is 0 Å². The molecule has 1 aliphatic rings. The van der Waals surface area contributed by atoms with Crippen LogP contribution in [0, 0.1) is 0 Å². The first kappa shape index (κ1) is 12.6. The highest BCUT2D eigenvalue weighted by Gasteiger charge is 2.34. The van der Waals surface area contributed by atoms with Crippen molar-refractivity contribution >= 4 is 0 Å². The number of benzene rings is 1. The van der Waals surface area contributed by atoms with Gasteiger partial charge in [-0.05, 0) is 18.4 Å². The fourth-order valence-corrected chi connectivity index (χ4v) is 2.38. The van der Waals surface area contributed by atoms with E-state index in [2.05, 4.69) is 0 Å². The molecule has 0 heterocycles. The zero-order valence-electron chi connectivity index (χ0n) is 10.0. The minimum atomic E-state index is -1.01. The Labute approximate surface area is 102 Å². The standard InChI is InChI=1S/C14H20O3/c15-11-13(10-12-6-2-1-3-7-12)17-14(16)8-4-5-9-14/h1-3,6-7,13,15-16H,4-5,8-11H2/t13-/m1/s1. The number of rotatable bonds is 5. The Hall–Kier alpha value is -0.900. The largest absolute Gasteiger partial charge is 0.394 e. The molecule has 2 rings (SSSR count). The number of ether oxygens (including phenoxy) is 1. The van der Waals surface area contributed by atoms with Gasteiger partial charge in [0.1, 0.15) is 0 Å². The van der Waals surface area contributed by atoms with E-state index >= 15 is 0 Å². The zero-order valence-corrected chi connectivity index (χ0v) is 10.0. The van der Waals surface area contributed by atoms with Crippen LogP contribution in [0.5, 0.6) is 0 Å². The van der Waals surface area contributed by atoms with Crippen molar-refractivity contribution in [2.75, 3.05) is 6.61 Å². The van der Waals surface area contributed by atoms with Gasteiger partial charge in [0.05, 0.1) is 12.7 Å². The van der Waals surface area contributed by atoms with Crippen LogP contribution >= 0.6 is 0 Å². The van der Waals surface area contributed by atoms with E-state index in [9.17, 15) is 10.2 Å². The van der Waals surface area contributed by atoms with Gasteiger partial charge < -0.3 is 14.9 Å². The van der Waals surface area contributed by atoms with E-state index in [4.69, 9.17) is 4.74 Å². The Kier molecular flexibility index (Phi) is 4.15. The van der Waals surface area contributed by atoms with Crippen LogP contribution in [0.3, 0.4) is 0 Å². The maximum atomic E-state index is 10.1. The molecule has 0 aromatic heterocycles. The molecule has 1 aliphatic carbocycles. The van der Waals surface area contributed by atoms with Crippen LogP contribution < -0.4 is 0 Å².